The van der Waals surface area contributed by atoms with Crippen molar-refractivity contribution in [1.82, 2.24) is 19.6 Å². The van der Waals surface area contributed by atoms with Gasteiger partial charge in [-0.2, -0.15) is 9.50 Å². The number of H-pyrrole nitrogens is 1. The molecule has 0 aliphatic heterocycles. The molecule has 0 atom stereocenters. The molecule has 0 unspecified atom stereocenters. The average molecular weight is 255 g/mol. The molecule has 0 saturated heterocycles. The summed E-state index contributed by atoms with van der Waals surface area (Å²) in [7, 11) is 0. The van der Waals surface area contributed by atoms with E-state index in [2.05, 4.69) is 15.1 Å². The van der Waals surface area contributed by atoms with Gasteiger partial charge in [0.25, 0.3) is 11.3 Å². The van der Waals surface area contributed by atoms with Crippen LogP contribution in [-0.4, -0.2) is 25.6 Å². The Morgan fingerprint density at radius 3 is 2.63 bits per heavy atom. The first-order chi connectivity index (χ1) is 9.15. The van der Waals surface area contributed by atoms with Gasteiger partial charge < -0.3 is 9.90 Å². The van der Waals surface area contributed by atoms with Crippen molar-refractivity contribution in [3.63, 3.8) is 0 Å². The molecule has 7 heteroatoms. The number of aromatic carboxylic acids is 1. The number of carbonyl (C=O) groups is 1. The summed E-state index contributed by atoms with van der Waals surface area (Å²) in [5.74, 6) is -1.94. The minimum absolute atomic E-state index is 0.00875. The van der Waals surface area contributed by atoms with E-state index in [4.69, 9.17) is 0 Å². The lowest BCUT2D eigenvalue weighted by molar-refractivity contribution is -0.256. The normalized spacial score (nSPS) is 10.7. The number of nitrogens with one attached hydrogen (secondary N) is 1. The van der Waals surface area contributed by atoms with Crippen LogP contribution in [0.5, 0.6) is 0 Å². The molecule has 19 heavy (non-hydrogen) atoms. The number of carboxylic acids is 1. The van der Waals surface area contributed by atoms with Crippen molar-refractivity contribution in [1.29, 1.82) is 0 Å². The first-order valence-electron chi connectivity index (χ1n) is 5.42. The van der Waals surface area contributed by atoms with E-state index in [0.29, 0.717) is 5.69 Å². The summed E-state index contributed by atoms with van der Waals surface area (Å²) >= 11 is 0. The molecular formula is C12H7N4O3-. The number of hydrogen-bond donors (Lipinski definition) is 1. The summed E-state index contributed by atoms with van der Waals surface area (Å²) in [6.45, 7) is 0. The zero-order chi connectivity index (χ0) is 13.4. The minimum atomic E-state index is -1.49. The third-order valence-electron chi connectivity index (χ3n) is 2.59. The number of carboxylic acid groups (broad SMARTS) is 1. The van der Waals surface area contributed by atoms with Gasteiger partial charge >= 0.3 is 0 Å². The van der Waals surface area contributed by atoms with Crippen molar-refractivity contribution in [3.8, 4) is 11.3 Å². The molecule has 0 amide bonds. The highest BCUT2D eigenvalue weighted by Crippen LogP contribution is 2.14. The number of hydrogen-bond acceptors (Lipinski definition) is 5. The number of carbonyl (C=O) groups excluding carboxylic acids is 1. The van der Waals surface area contributed by atoms with Crippen LogP contribution in [0.2, 0.25) is 0 Å². The third-order valence-corrected chi connectivity index (χ3v) is 2.59. The number of fused-ring (bicyclic) bond motifs is 1. The molecule has 0 aliphatic rings. The average Bonchev–Trinajstić information content (AvgIpc) is 2.84. The number of nitrogens with zero attached hydrogens (tertiary/aromatic N) is 3. The molecule has 94 valence electrons. The van der Waals surface area contributed by atoms with Crippen molar-refractivity contribution in [3.05, 3.63) is 52.6 Å². The Bertz CT molecular complexity index is 820. The first kappa shape index (κ1) is 11.1. The molecule has 0 fully saturated rings. The van der Waals surface area contributed by atoms with E-state index in [9.17, 15) is 14.7 Å². The maximum Gasteiger partial charge on any atom is 0.274 e. The Morgan fingerprint density at radius 1 is 1.21 bits per heavy atom. The van der Waals surface area contributed by atoms with Gasteiger partial charge in [0.05, 0.1) is 5.69 Å². The summed E-state index contributed by atoms with van der Waals surface area (Å²) in [5, 5.41) is 13.0. The first-order valence-corrected chi connectivity index (χ1v) is 5.42. The van der Waals surface area contributed by atoms with Crippen LogP contribution in [0.4, 0.5) is 0 Å². The second kappa shape index (κ2) is 4.05. The highest BCUT2D eigenvalue weighted by molar-refractivity contribution is 5.81. The SMILES string of the molecule is O=C([O-])c1nc2nc(-c3ccccc3)cc(=O)n2[nH]1. The number of aromatic nitrogens is 4. The number of benzene rings is 1. The second-order valence-corrected chi connectivity index (χ2v) is 3.84. The maximum atomic E-state index is 11.8. The van der Waals surface area contributed by atoms with E-state index < -0.39 is 17.4 Å². The van der Waals surface area contributed by atoms with Gasteiger partial charge in [0.1, 0.15) is 5.97 Å². The molecule has 0 spiro atoms. The van der Waals surface area contributed by atoms with Crippen molar-refractivity contribution in [2.24, 2.45) is 0 Å². The molecule has 1 N–H and O–H groups in total. The summed E-state index contributed by atoms with van der Waals surface area (Å²) in [5.41, 5.74) is 0.742. The lowest BCUT2D eigenvalue weighted by atomic mass is 10.1. The van der Waals surface area contributed by atoms with E-state index in [1.807, 2.05) is 18.2 Å². The van der Waals surface area contributed by atoms with Crippen LogP contribution in [0.25, 0.3) is 17.0 Å². The number of aromatic amines is 1. The topological polar surface area (TPSA) is 103 Å². The van der Waals surface area contributed by atoms with Gasteiger partial charge in [0.15, 0.2) is 5.82 Å². The van der Waals surface area contributed by atoms with E-state index in [1.165, 1.54) is 6.07 Å². The van der Waals surface area contributed by atoms with Crippen molar-refractivity contribution in [2.75, 3.05) is 0 Å². The van der Waals surface area contributed by atoms with Gasteiger partial charge in [0, 0.05) is 11.6 Å². The molecule has 2 heterocycles. The lowest BCUT2D eigenvalue weighted by Crippen LogP contribution is -2.24. The fraction of sp³-hybridized carbons (Fsp3) is 0. The summed E-state index contributed by atoms with van der Waals surface area (Å²) in [6.07, 6.45) is 0. The van der Waals surface area contributed by atoms with Crippen LogP contribution in [0.15, 0.2) is 41.2 Å². The minimum Gasteiger partial charge on any atom is -0.542 e. The molecule has 3 aromatic rings. The van der Waals surface area contributed by atoms with Crippen molar-refractivity contribution >= 4 is 11.7 Å². The van der Waals surface area contributed by atoms with Gasteiger partial charge in [-0.3, -0.25) is 9.89 Å². The Balaban J connectivity index is 2.25. The largest absolute Gasteiger partial charge is 0.542 e. The fourth-order valence-corrected chi connectivity index (χ4v) is 1.73. The Kier molecular flexibility index (Phi) is 2.38. The maximum absolute atomic E-state index is 11.8. The monoisotopic (exact) mass is 255 g/mol. The lowest BCUT2D eigenvalue weighted by Gasteiger charge is -1.99. The molecule has 2 aromatic heterocycles. The van der Waals surface area contributed by atoms with Crippen molar-refractivity contribution < 1.29 is 9.90 Å². The molecule has 0 aliphatic carbocycles. The van der Waals surface area contributed by atoms with E-state index in [-0.39, 0.29) is 5.78 Å². The molecule has 3 rings (SSSR count). The Morgan fingerprint density at radius 2 is 1.95 bits per heavy atom. The van der Waals surface area contributed by atoms with Gasteiger partial charge in [-0.1, -0.05) is 30.3 Å². The summed E-state index contributed by atoms with van der Waals surface area (Å²) in [6, 6.07) is 10.4. The van der Waals surface area contributed by atoms with Crippen LogP contribution in [0, 0.1) is 0 Å². The highest BCUT2D eigenvalue weighted by atomic mass is 16.4. The van der Waals surface area contributed by atoms with Crippen LogP contribution < -0.4 is 10.7 Å². The smallest absolute Gasteiger partial charge is 0.274 e. The van der Waals surface area contributed by atoms with Crippen LogP contribution in [0.1, 0.15) is 10.6 Å². The molecule has 0 radical (unpaired) electrons. The molecule has 0 saturated carbocycles. The molecule has 0 bridgehead atoms. The highest BCUT2D eigenvalue weighted by Gasteiger charge is 2.09. The van der Waals surface area contributed by atoms with Gasteiger partial charge in [-0.15, -0.1) is 0 Å². The summed E-state index contributed by atoms with van der Waals surface area (Å²) < 4.78 is 0.956. The molecular weight excluding hydrogens is 248 g/mol. The zero-order valence-electron chi connectivity index (χ0n) is 9.53. The quantitative estimate of drug-likeness (QED) is 0.661. The number of rotatable bonds is 2. The van der Waals surface area contributed by atoms with Crippen LogP contribution in [-0.2, 0) is 0 Å². The molecule has 7 nitrogen and oxygen atoms in total. The second-order valence-electron chi connectivity index (χ2n) is 3.84. The van der Waals surface area contributed by atoms with Crippen molar-refractivity contribution in [2.45, 2.75) is 0 Å². The Hall–Kier alpha value is -2.96. The van der Waals surface area contributed by atoms with E-state index in [1.54, 1.807) is 12.1 Å². The predicted octanol–water partition coefficient (Wildman–Crippen LogP) is -0.552. The predicted molar refractivity (Wildman–Crippen MR) is 63.4 cm³/mol. The van der Waals surface area contributed by atoms with E-state index >= 15 is 0 Å². The van der Waals surface area contributed by atoms with E-state index in [0.717, 1.165) is 10.1 Å². The third kappa shape index (κ3) is 1.86. The van der Waals surface area contributed by atoms with Gasteiger partial charge in [0.2, 0.25) is 0 Å². The van der Waals surface area contributed by atoms with Gasteiger partial charge in [-0.05, 0) is 0 Å². The van der Waals surface area contributed by atoms with Gasteiger partial charge in [-0.25, -0.2) is 4.98 Å². The summed E-state index contributed by atoms with van der Waals surface area (Å²) in [4.78, 5) is 30.4. The molecule has 1 aromatic carbocycles. The zero-order valence-corrected chi connectivity index (χ0v) is 9.53. The Labute approximate surface area is 106 Å². The fourth-order valence-electron chi connectivity index (χ4n) is 1.73. The van der Waals surface area contributed by atoms with Crippen LogP contribution in [0.3, 0.4) is 0 Å². The standard InChI is InChI=1S/C12H8N4O3/c17-9-6-8(7-4-2-1-3-5-7)13-12-14-10(11(18)19)15-16(9)12/h1-6H,(H,18,19)(H,13,14,15)/p-1. The van der Waals surface area contributed by atoms with Crippen LogP contribution >= 0.6 is 0 Å².